The van der Waals surface area contributed by atoms with Gasteiger partial charge in [-0.3, -0.25) is 9.59 Å². The van der Waals surface area contributed by atoms with E-state index in [-0.39, 0.29) is 10.8 Å². The molecule has 2 rings (SSSR count). The van der Waals surface area contributed by atoms with Crippen LogP contribution in [0.1, 0.15) is 13.8 Å². The number of anilines is 1. The van der Waals surface area contributed by atoms with E-state index in [0.29, 0.717) is 5.69 Å². The van der Waals surface area contributed by atoms with Crippen LogP contribution < -0.4 is 10.0 Å². The van der Waals surface area contributed by atoms with Gasteiger partial charge in [0.25, 0.3) is 5.91 Å². The first kappa shape index (κ1) is 22.1. The second kappa shape index (κ2) is 9.81. The van der Waals surface area contributed by atoms with Crippen molar-refractivity contribution in [3.05, 3.63) is 59.1 Å². The second-order valence-electron chi connectivity index (χ2n) is 6.32. The molecule has 0 bridgehead atoms. The molecule has 0 saturated heterocycles. The number of esters is 1. The van der Waals surface area contributed by atoms with Crippen LogP contribution in [0.3, 0.4) is 0 Å². The van der Waals surface area contributed by atoms with Crippen molar-refractivity contribution in [2.75, 3.05) is 11.9 Å². The molecule has 0 radical (unpaired) electrons. The van der Waals surface area contributed by atoms with E-state index in [1.165, 1.54) is 12.1 Å². The Balaban J connectivity index is 1.97. The maximum absolute atomic E-state index is 12.5. The molecule has 0 aliphatic carbocycles. The molecule has 2 aromatic rings. The summed E-state index contributed by atoms with van der Waals surface area (Å²) in [5.41, 5.74) is 0.550. The highest BCUT2D eigenvalue weighted by molar-refractivity contribution is 9.10. The number of ether oxygens (including phenoxy) is 1. The number of carbonyl (C=O) groups is 2. The van der Waals surface area contributed by atoms with Crippen molar-refractivity contribution in [1.82, 2.24) is 4.72 Å². The monoisotopic (exact) mass is 468 g/mol. The van der Waals surface area contributed by atoms with E-state index in [1.54, 1.807) is 56.3 Å². The molecule has 1 amide bonds. The minimum atomic E-state index is -3.90. The number of hydrogen-bond acceptors (Lipinski definition) is 5. The maximum atomic E-state index is 12.5. The van der Waals surface area contributed by atoms with Crippen molar-refractivity contribution in [1.29, 1.82) is 0 Å². The molecule has 9 heteroatoms. The molecule has 2 N–H and O–H groups in total. The summed E-state index contributed by atoms with van der Waals surface area (Å²) < 4.78 is 33.1. The predicted octanol–water partition coefficient (Wildman–Crippen LogP) is 2.93. The third kappa shape index (κ3) is 6.43. The highest BCUT2D eigenvalue weighted by Gasteiger charge is 2.30. The predicted molar refractivity (Wildman–Crippen MR) is 109 cm³/mol. The molecule has 28 heavy (non-hydrogen) atoms. The summed E-state index contributed by atoms with van der Waals surface area (Å²) in [4.78, 5) is 24.4. The minimum absolute atomic E-state index is 0.0430. The van der Waals surface area contributed by atoms with Gasteiger partial charge in [-0.05, 0) is 42.3 Å². The minimum Gasteiger partial charge on any atom is -0.454 e. The zero-order valence-corrected chi connectivity index (χ0v) is 17.8. The van der Waals surface area contributed by atoms with Gasteiger partial charge < -0.3 is 10.1 Å². The van der Waals surface area contributed by atoms with Gasteiger partial charge >= 0.3 is 5.97 Å². The van der Waals surface area contributed by atoms with E-state index in [4.69, 9.17) is 4.74 Å². The molecule has 150 valence electrons. The van der Waals surface area contributed by atoms with Gasteiger partial charge in [0, 0.05) is 10.2 Å². The van der Waals surface area contributed by atoms with E-state index in [9.17, 15) is 18.0 Å². The van der Waals surface area contributed by atoms with Crippen molar-refractivity contribution >= 4 is 43.5 Å². The summed E-state index contributed by atoms with van der Waals surface area (Å²) in [5, 5.41) is 2.59. The largest absolute Gasteiger partial charge is 0.454 e. The van der Waals surface area contributed by atoms with Gasteiger partial charge in [0.15, 0.2) is 6.61 Å². The van der Waals surface area contributed by atoms with Crippen LogP contribution in [0.5, 0.6) is 0 Å². The van der Waals surface area contributed by atoms with Crippen LogP contribution in [0.2, 0.25) is 0 Å². The van der Waals surface area contributed by atoms with Crippen LogP contribution in [0.4, 0.5) is 5.69 Å². The smallest absolute Gasteiger partial charge is 0.324 e. The van der Waals surface area contributed by atoms with Crippen LogP contribution in [0, 0.1) is 5.92 Å². The summed E-state index contributed by atoms with van der Waals surface area (Å²) in [6, 6.07) is 13.5. The van der Waals surface area contributed by atoms with E-state index >= 15 is 0 Å². The third-order valence-electron chi connectivity index (χ3n) is 3.73. The van der Waals surface area contributed by atoms with Gasteiger partial charge in [-0.25, -0.2) is 8.42 Å². The average Bonchev–Trinajstić information content (AvgIpc) is 2.66. The Hall–Kier alpha value is -2.23. The molecule has 0 spiro atoms. The molecule has 0 aliphatic rings. The number of sulfonamides is 1. The van der Waals surface area contributed by atoms with Crippen LogP contribution in [0.15, 0.2) is 64.0 Å². The van der Waals surface area contributed by atoms with E-state index in [1.807, 2.05) is 0 Å². The highest BCUT2D eigenvalue weighted by atomic mass is 79.9. The molecule has 0 heterocycles. The van der Waals surface area contributed by atoms with Crippen LogP contribution in [0.25, 0.3) is 0 Å². The van der Waals surface area contributed by atoms with Crippen molar-refractivity contribution in [3.63, 3.8) is 0 Å². The topological polar surface area (TPSA) is 102 Å². The molecule has 0 saturated carbocycles. The fraction of sp³-hybridized carbons (Fsp3) is 0.263. The normalized spacial score (nSPS) is 12.4. The van der Waals surface area contributed by atoms with Crippen molar-refractivity contribution in [3.8, 4) is 0 Å². The number of amides is 1. The third-order valence-corrected chi connectivity index (χ3v) is 5.72. The Kier molecular flexibility index (Phi) is 7.73. The van der Waals surface area contributed by atoms with Gasteiger partial charge in [-0.15, -0.1) is 0 Å². The Morgan fingerprint density at radius 2 is 1.64 bits per heavy atom. The first-order valence-electron chi connectivity index (χ1n) is 8.48. The van der Waals surface area contributed by atoms with Crippen molar-refractivity contribution in [2.24, 2.45) is 5.92 Å². The van der Waals surface area contributed by atoms with E-state index in [2.05, 4.69) is 26.0 Å². The Morgan fingerprint density at radius 1 is 1.04 bits per heavy atom. The summed E-state index contributed by atoms with van der Waals surface area (Å²) in [5.74, 6) is -1.72. The van der Waals surface area contributed by atoms with Crippen molar-refractivity contribution < 1.29 is 22.7 Å². The summed E-state index contributed by atoms with van der Waals surface area (Å²) in [7, 11) is -3.90. The lowest BCUT2D eigenvalue weighted by molar-refractivity contribution is -0.150. The quantitative estimate of drug-likeness (QED) is 0.579. The summed E-state index contributed by atoms with van der Waals surface area (Å²) in [6.07, 6.45) is 0. The Morgan fingerprint density at radius 3 is 2.21 bits per heavy atom. The standard InChI is InChI=1S/C19H21BrN2O5S/c1-13(2)18(22-28(25,26)16-6-4-3-5-7-16)19(24)27-12-17(23)21-15-10-8-14(20)9-11-15/h3-11,13,18,22H,12H2,1-2H3,(H,21,23)/t18-/m1/s1. The van der Waals surface area contributed by atoms with Crippen LogP contribution >= 0.6 is 15.9 Å². The molecule has 0 fully saturated rings. The van der Waals surface area contributed by atoms with Gasteiger partial charge in [0.2, 0.25) is 10.0 Å². The van der Waals surface area contributed by atoms with Gasteiger partial charge in [0.1, 0.15) is 6.04 Å². The zero-order chi connectivity index (χ0) is 20.7. The number of benzene rings is 2. The summed E-state index contributed by atoms with van der Waals surface area (Å²) >= 11 is 3.29. The molecule has 1 atom stereocenters. The molecule has 0 unspecified atom stereocenters. The molecule has 0 aromatic heterocycles. The number of hydrogen-bond donors (Lipinski definition) is 2. The second-order valence-corrected chi connectivity index (χ2v) is 8.95. The molecule has 7 nitrogen and oxygen atoms in total. The van der Waals surface area contributed by atoms with Crippen molar-refractivity contribution in [2.45, 2.75) is 24.8 Å². The number of halogens is 1. The van der Waals surface area contributed by atoms with E-state index < -0.39 is 34.5 Å². The van der Waals surface area contributed by atoms with Gasteiger partial charge in [0.05, 0.1) is 4.90 Å². The first-order valence-corrected chi connectivity index (χ1v) is 10.8. The SMILES string of the molecule is CC(C)[C@@H](NS(=O)(=O)c1ccccc1)C(=O)OCC(=O)Nc1ccc(Br)cc1. The number of nitrogens with one attached hydrogen (secondary N) is 2. The molecular formula is C19H21BrN2O5S. The zero-order valence-electron chi connectivity index (χ0n) is 15.4. The Bertz CT molecular complexity index is 915. The molecular weight excluding hydrogens is 448 g/mol. The van der Waals surface area contributed by atoms with Crippen LogP contribution in [-0.2, 0) is 24.3 Å². The molecule has 0 aliphatic heterocycles. The Labute approximate surface area is 172 Å². The number of rotatable bonds is 8. The maximum Gasteiger partial charge on any atom is 0.324 e. The fourth-order valence-corrected chi connectivity index (χ4v) is 3.87. The lowest BCUT2D eigenvalue weighted by Gasteiger charge is -2.20. The average molecular weight is 469 g/mol. The fourth-order valence-electron chi connectivity index (χ4n) is 2.25. The summed E-state index contributed by atoms with van der Waals surface area (Å²) in [6.45, 7) is 2.84. The highest BCUT2D eigenvalue weighted by Crippen LogP contribution is 2.15. The van der Waals surface area contributed by atoms with Crippen LogP contribution in [-0.4, -0.2) is 32.9 Å². The van der Waals surface area contributed by atoms with E-state index in [0.717, 1.165) is 4.47 Å². The lowest BCUT2D eigenvalue weighted by Crippen LogP contribution is -2.45. The first-order chi connectivity index (χ1) is 13.2. The lowest BCUT2D eigenvalue weighted by atomic mass is 10.1. The number of carbonyl (C=O) groups excluding carboxylic acids is 2. The van der Waals surface area contributed by atoms with Gasteiger partial charge in [-0.1, -0.05) is 48.0 Å². The molecule has 2 aromatic carbocycles. The van der Waals surface area contributed by atoms with Gasteiger partial charge in [-0.2, -0.15) is 4.72 Å².